The van der Waals surface area contributed by atoms with Gasteiger partial charge >= 0.3 is 6.29 Å². The van der Waals surface area contributed by atoms with Crippen molar-refractivity contribution in [3.8, 4) is 34.0 Å². The van der Waals surface area contributed by atoms with Crippen LogP contribution in [0.2, 0.25) is 0 Å². The molecule has 0 unspecified atom stereocenters. The van der Waals surface area contributed by atoms with Gasteiger partial charge in [-0.1, -0.05) is 85.8 Å². The van der Waals surface area contributed by atoms with Crippen molar-refractivity contribution in [2.45, 2.75) is 88.7 Å². The molecule has 0 spiro atoms. The largest absolute Gasteiger partial charge is 0.586 e. The second kappa shape index (κ2) is 25.6. The molecule has 3 aliphatic rings. The summed E-state index contributed by atoms with van der Waals surface area (Å²) < 4.78 is 56.2. The maximum absolute atomic E-state index is 13.7. The highest BCUT2D eigenvalue weighted by Gasteiger charge is 2.53. The summed E-state index contributed by atoms with van der Waals surface area (Å²) in [4.78, 5) is 77.2. The van der Waals surface area contributed by atoms with Crippen molar-refractivity contribution in [2.75, 3.05) is 64.6 Å². The number of fused-ring (bicyclic) bond motifs is 2. The van der Waals surface area contributed by atoms with E-state index in [4.69, 9.17) is 19.2 Å². The number of carbonyl (C=O) groups is 4. The average molecular weight is 1150 g/mol. The molecule has 1 saturated heterocycles. The number of alkyl halides is 2. The maximum Gasteiger partial charge on any atom is 0.586 e. The van der Waals surface area contributed by atoms with Crippen LogP contribution in [0.15, 0.2) is 120 Å². The van der Waals surface area contributed by atoms with Crippen LogP contribution < -0.4 is 31.0 Å². The zero-order valence-electron chi connectivity index (χ0n) is 47.0. The van der Waals surface area contributed by atoms with Crippen molar-refractivity contribution in [3.05, 3.63) is 154 Å². The third-order valence-electron chi connectivity index (χ3n) is 15.5. The van der Waals surface area contributed by atoms with Gasteiger partial charge in [-0.2, -0.15) is 5.10 Å². The van der Waals surface area contributed by atoms with E-state index < -0.39 is 17.3 Å². The number of ether oxygens (including phenoxy) is 5. The molecule has 20 nitrogen and oxygen atoms in total. The first kappa shape index (κ1) is 58.7. The Balaban J connectivity index is 0.581. The first-order valence-corrected chi connectivity index (χ1v) is 28.1. The molecule has 22 heteroatoms. The molecule has 440 valence electrons. The molecule has 3 aromatic heterocycles. The third-order valence-corrected chi connectivity index (χ3v) is 15.5. The van der Waals surface area contributed by atoms with Gasteiger partial charge in [-0.05, 0) is 91.1 Å². The first-order valence-electron chi connectivity index (χ1n) is 28.1. The molecule has 1 aliphatic carbocycles. The van der Waals surface area contributed by atoms with Gasteiger partial charge in [0.1, 0.15) is 11.3 Å². The van der Waals surface area contributed by atoms with Crippen LogP contribution in [0.5, 0.6) is 11.5 Å². The predicted molar refractivity (Wildman–Crippen MR) is 306 cm³/mol. The van der Waals surface area contributed by atoms with Gasteiger partial charge in [-0.15, -0.1) is 8.78 Å². The Morgan fingerprint density at radius 3 is 2.23 bits per heavy atom. The van der Waals surface area contributed by atoms with Crippen LogP contribution in [0.3, 0.4) is 0 Å². The minimum atomic E-state index is -3.76. The highest BCUT2D eigenvalue weighted by molar-refractivity contribution is 6.01. The van der Waals surface area contributed by atoms with Crippen molar-refractivity contribution >= 4 is 40.5 Å². The van der Waals surface area contributed by atoms with Gasteiger partial charge in [0.15, 0.2) is 17.0 Å². The van der Waals surface area contributed by atoms with Gasteiger partial charge < -0.3 is 49.6 Å². The molecule has 5 heterocycles. The number of rotatable bonds is 25. The Labute approximate surface area is 483 Å². The van der Waals surface area contributed by atoms with Crippen molar-refractivity contribution in [1.29, 1.82) is 0 Å². The molecule has 7 aromatic rings. The Morgan fingerprint density at radius 1 is 0.774 bits per heavy atom. The summed E-state index contributed by atoms with van der Waals surface area (Å²) in [7, 11) is 1.75. The van der Waals surface area contributed by atoms with Crippen LogP contribution >= 0.6 is 0 Å². The molecular formula is C62H67F2N9O11. The number of hydrogen-bond donors (Lipinski definition) is 4. The van der Waals surface area contributed by atoms with Gasteiger partial charge in [0.05, 0.1) is 74.9 Å². The zero-order chi connectivity index (χ0) is 59.0. The molecule has 84 heavy (non-hydrogen) atoms. The number of likely N-dealkylation sites (tertiary alicyclic amines) is 1. The fourth-order valence-electron chi connectivity index (χ4n) is 10.5. The monoisotopic (exact) mass is 1150 g/mol. The molecular weight excluding hydrogens is 1080 g/mol. The summed E-state index contributed by atoms with van der Waals surface area (Å²) in [6.45, 7) is 6.99. The van der Waals surface area contributed by atoms with E-state index >= 15 is 0 Å². The van der Waals surface area contributed by atoms with Gasteiger partial charge in [0.25, 0.3) is 11.5 Å². The van der Waals surface area contributed by atoms with E-state index in [9.17, 15) is 37.9 Å². The second-order valence-corrected chi connectivity index (χ2v) is 21.6. The fourth-order valence-corrected chi connectivity index (χ4v) is 10.5. The number of aromatic nitrogens is 5. The van der Waals surface area contributed by atoms with Crippen LogP contribution in [0.4, 0.5) is 14.6 Å². The maximum atomic E-state index is 13.7. The number of anilines is 1. The first-order chi connectivity index (χ1) is 40.5. The quantitative estimate of drug-likeness (QED) is 0.0415. The standard InChI is InChI=1S/C62H67F2N9O11/c1-40-12-19-50(69-59(78)61(21-22-61)47-17-18-48-49(36-47)84-62(63,64)83-48)68-53(40)45-10-7-11-46(35-45)57(76)65-25-29-81-31-33-82-32-30-80-28-20-51(74)66-37-42-13-15-44(16-14-42)56-54-55(70-71(56)3)58(77)73(39-67-54)38-60(79)23-26-72(27-24-60)52(75)34-41(2)43-8-5-4-6-9-43/h4-19,35-36,39,41,79H,20-34,37-38H2,1-3H3,(H,65,76)(H,66,74)(H,68,69,78)/t41-/m1/s1. The number of halogens is 2. The van der Waals surface area contributed by atoms with E-state index in [-0.39, 0.29) is 84.8 Å². The number of nitrogens with zero attached hydrogens (tertiary/aromatic N) is 6. The van der Waals surface area contributed by atoms with Crippen molar-refractivity contribution < 1.29 is 56.7 Å². The topological polar surface area (TPSA) is 240 Å². The second-order valence-electron chi connectivity index (χ2n) is 21.6. The summed E-state index contributed by atoms with van der Waals surface area (Å²) >= 11 is 0. The summed E-state index contributed by atoms with van der Waals surface area (Å²) in [5.74, 6) is -0.574. The number of amides is 4. The fraction of sp³-hybridized carbons (Fsp3) is 0.387. The van der Waals surface area contributed by atoms with E-state index in [1.807, 2.05) is 80.6 Å². The summed E-state index contributed by atoms with van der Waals surface area (Å²) in [5, 5.41) is 24.7. The predicted octanol–water partition coefficient (Wildman–Crippen LogP) is 7.19. The number of carbonyl (C=O) groups excluding carboxylic acids is 4. The van der Waals surface area contributed by atoms with Crippen molar-refractivity contribution in [3.63, 3.8) is 0 Å². The van der Waals surface area contributed by atoms with Gasteiger partial charge in [0, 0.05) is 62.8 Å². The van der Waals surface area contributed by atoms with Crippen LogP contribution in [0.25, 0.3) is 33.5 Å². The number of aliphatic hydroxyl groups is 1. The SMILES string of the molecule is Cc1ccc(NC(=O)C2(c3ccc4c(c3)OC(F)(F)O4)CC2)nc1-c1cccc(C(=O)NCCOCCOCCOCCC(=O)NCc2ccc(-c3c4ncn(CC5(O)CCN(C(=O)C[C@@H](C)c6ccccc6)CC5)c(=O)c4nn3C)cc2)c1. The number of benzene rings is 4. The number of hydrogen-bond acceptors (Lipinski definition) is 14. The van der Waals surface area contributed by atoms with Crippen LogP contribution in [0.1, 0.15) is 84.0 Å². The molecule has 0 radical (unpaired) electrons. The molecule has 4 aromatic carbocycles. The van der Waals surface area contributed by atoms with Crippen LogP contribution in [0, 0.1) is 6.92 Å². The Morgan fingerprint density at radius 2 is 1.49 bits per heavy atom. The average Bonchev–Trinajstić information content (AvgIpc) is 2.28. The lowest BCUT2D eigenvalue weighted by molar-refractivity contribution is -0.286. The van der Waals surface area contributed by atoms with Gasteiger partial charge in [-0.3, -0.25) is 33.2 Å². The molecule has 0 bridgehead atoms. The van der Waals surface area contributed by atoms with Gasteiger partial charge in [0.2, 0.25) is 17.7 Å². The molecule has 4 N–H and O–H groups in total. The minimum Gasteiger partial charge on any atom is -0.395 e. The van der Waals surface area contributed by atoms with E-state index in [0.29, 0.717) is 118 Å². The van der Waals surface area contributed by atoms with Crippen molar-refractivity contribution in [2.24, 2.45) is 7.05 Å². The van der Waals surface area contributed by atoms with E-state index in [0.717, 1.165) is 22.3 Å². The lowest BCUT2D eigenvalue weighted by Crippen LogP contribution is -2.49. The number of piperidine rings is 1. The number of pyridine rings is 1. The number of nitrogens with one attached hydrogen (secondary N) is 3. The third kappa shape index (κ3) is 14.0. The van der Waals surface area contributed by atoms with E-state index in [1.54, 1.807) is 47.0 Å². The molecule has 2 fully saturated rings. The smallest absolute Gasteiger partial charge is 0.395 e. The Kier molecular flexibility index (Phi) is 17.9. The van der Waals surface area contributed by atoms with Gasteiger partial charge in [-0.25, -0.2) is 9.97 Å². The molecule has 1 saturated carbocycles. The molecule has 1 atom stereocenters. The summed E-state index contributed by atoms with van der Waals surface area (Å²) in [5.41, 5.74) is 4.61. The normalized spacial score (nSPS) is 15.8. The van der Waals surface area contributed by atoms with E-state index in [2.05, 4.69) is 35.5 Å². The molecule has 4 amide bonds. The van der Waals surface area contributed by atoms with Crippen LogP contribution in [-0.4, -0.2) is 129 Å². The Hall–Kier alpha value is -8.44. The minimum absolute atomic E-state index is 0.0367. The zero-order valence-corrected chi connectivity index (χ0v) is 47.0. The highest BCUT2D eigenvalue weighted by Crippen LogP contribution is 2.52. The summed E-state index contributed by atoms with van der Waals surface area (Å²) in [6.07, 6.45) is -0.0402. The Bertz CT molecular complexity index is 3580. The lowest BCUT2D eigenvalue weighted by Gasteiger charge is -2.38. The van der Waals surface area contributed by atoms with Crippen LogP contribution in [-0.2, 0) is 54.1 Å². The lowest BCUT2D eigenvalue weighted by atomic mass is 9.90. The summed E-state index contributed by atoms with van der Waals surface area (Å²) in [6, 6.07) is 32.4. The van der Waals surface area contributed by atoms with Crippen molar-refractivity contribution in [1.82, 2.24) is 39.8 Å². The molecule has 2 aliphatic heterocycles. The highest BCUT2D eigenvalue weighted by atomic mass is 19.3. The van der Waals surface area contributed by atoms with E-state index in [1.165, 1.54) is 23.0 Å². The molecule has 10 rings (SSSR count). The number of aryl methyl sites for hydroxylation is 2.